The molecule has 0 unspecified atom stereocenters. The molecule has 21 heavy (non-hydrogen) atoms. The summed E-state index contributed by atoms with van der Waals surface area (Å²) in [6.07, 6.45) is 3.53. The molecule has 0 spiro atoms. The number of aryl methyl sites for hydroxylation is 2. The van der Waals surface area contributed by atoms with Gasteiger partial charge in [-0.25, -0.2) is 0 Å². The van der Waals surface area contributed by atoms with Gasteiger partial charge in [0, 0.05) is 12.6 Å². The molecule has 2 heterocycles. The molecule has 1 aromatic heterocycles. The van der Waals surface area contributed by atoms with Gasteiger partial charge in [-0.2, -0.15) is 0 Å². The minimum absolute atomic E-state index is 0.0592. The van der Waals surface area contributed by atoms with Crippen molar-refractivity contribution in [2.24, 2.45) is 5.92 Å². The maximum atomic E-state index is 12.5. The normalized spacial score (nSPS) is 17.4. The average molecular weight is 293 g/mol. The van der Waals surface area contributed by atoms with Crippen molar-refractivity contribution in [2.75, 3.05) is 19.6 Å². The topological polar surface area (TPSA) is 58.4 Å². The zero-order chi connectivity index (χ0) is 15.4. The highest BCUT2D eigenvalue weighted by atomic mass is 16.5. The highest BCUT2D eigenvalue weighted by Crippen LogP contribution is 2.15. The summed E-state index contributed by atoms with van der Waals surface area (Å²) in [6.45, 7) is 11.2. The van der Waals surface area contributed by atoms with Gasteiger partial charge >= 0.3 is 0 Å². The molecule has 1 atom stereocenters. The van der Waals surface area contributed by atoms with Gasteiger partial charge in [0.25, 0.3) is 5.91 Å². The van der Waals surface area contributed by atoms with Crippen LogP contribution in [0.15, 0.2) is 4.52 Å². The minimum Gasteiger partial charge on any atom is -0.361 e. The summed E-state index contributed by atoms with van der Waals surface area (Å²) in [5.41, 5.74) is 1.25. The van der Waals surface area contributed by atoms with Crippen LogP contribution in [-0.4, -0.2) is 41.6 Å². The largest absolute Gasteiger partial charge is 0.361 e. The number of carbonyl (C=O) groups excluding carboxylic acids is 1. The first-order chi connectivity index (χ1) is 9.97. The minimum atomic E-state index is -0.0592. The van der Waals surface area contributed by atoms with Crippen molar-refractivity contribution >= 4 is 5.91 Å². The molecule has 1 fully saturated rings. The average Bonchev–Trinajstić information content (AvgIpc) is 2.99. The Labute approximate surface area is 127 Å². The number of likely N-dealkylation sites (tertiary alicyclic amines) is 1. The molecular weight excluding hydrogens is 266 g/mol. The van der Waals surface area contributed by atoms with Crippen molar-refractivity contribution in [1.29, 1.82) is 0 Å². The zero-order valence-electron chi connectivity index (χ0n) is 13.6. The van der Waals surface area contributed by atoms with Crippen LogP contribution in [0.25, 0.3) is 0 Å². The van der Waals surface area contributed by atoms with E-state index in [9.17, 15) is 4.79 Å². The molecule has 0 saturated carbocycles. The lowest BCUT2D eigenvalue weighted by atomic mass is 10.0. The van der Waals surface area contributed by atoms with Crippen molar-refractivity contribution in [2.45, 2.75) is 53.0 Å². The number of rotatable bonds is 6. The number of hydrogen-bond donors (Lipinski definition) is 1. The summed E-state index contributed by atoms with van der Waals surface area (Å²) in [4.78, 5) is 14.9. The zero-order valence-corrected chi connectivity index (χ0v) is 13.6. The number of amides is 1. The molecule has 2 rings (SSSR count). The van der Waals surface area contributed by atoms with Crippen LogP contribution in [0.3, 0.4) is 0 Å². The fraction of sp³-hybridized carbons (Fsp3) is 0.750. The van der Waals surface area contributed by atoms with E-state index in [0.717, 1.165) is 26.1 Å². The second-order valence-corrected chi connectivity index (χ2v) is 6.51. The van der Waals surface area contributed by atoms with E-state index in [1.54, 1.807) is 6.92 Å². The second-order valence-electron chi connectivity index (χ2n) is 6.51. The summed E-state index contributed by atoms with van der Waals surface area (Å²) in [5.74, 6) is 1.09. The molecule has 1 aromatic rings. The summed E-state index contributed by atoms with van der Waals surface area (Å²) in [7, 11) is 0. The summed E-state index contributed by atoms with van der Waals surface area (Å²) < 4.78 is 5.09. The summed E-state index contributed by atoms with van der Waals surface area (Å²) in [6, 6.07) is 0.185. The number of carbonyl (C=O) groups is 1. The third-order valence-corrected chi connectivity index (χ3v) is 4.03. The lowest BCUT2D eigenvalue weighted by Crippen LogP contribution is -2.44. The van der Waals surface area contributed by atoms with Crippen LogP contribution in [0, 0.1) is 19.8 Å². The first-order valence-electron chi connectivity index (χ1n) is 7.93. The Morgan fingerprint density at radius 1 is 1.33 bits per heavy atom. The molecule has 0 radical (unpaired) electrons. The lowest BCUT2D eigenvalue weighted by molar-refractivity contribution is 0.0919. The molecule has 0 aliphatic carbocycles. The van der Waals surface area contributed by atoms with Gasteiger partial charge in [-0.05, 0) is 52.1 Å². The van der Waals surface area contributed by atoms with Crippen LogP contribution in [0.1, 0.15) is 54.9 Å². The Balaban J connectivity index is 2.01. The molecule has 118 valence electrons. The van der Waals surface area contributed by atoms with Crippen molar-refractivity contribution < 1.29 is 9.32 Å². The number of nitrogens with one attached hydrogen (secondary N) is 1. The Morgan fingerprint density at radius 3 is 2.52 bits per heavy atom. The van der Waals surface area contributed by atoms with Crippen LogP contribution in [0.2, 0.25) is 0 Å². The predicted octanol–water partition coefficient (Wildman–Crippen LogP) is 2.53. The number of hydrogen-bond acceptors (Lipinski definition) is 4. The van der Waals surface area contributed by atoms with E-state index in [2.05, 4.69) is 29.2 Å². The molecule has 1 aliphatic heterocycles. The highest BCUT2D eigenvalue weighted by molar-refractivity contribution is 5.96. The molecule has 0 bridgehead atoms. The quantitative estimate of drug-likeness (QED) is 0.875. The Kier molecular flexibility index (Phi) is 5.39. The Hall–Kier alpha value is -1.36. The number of aromatic nitrogens is 1. The lowest BCUT2D eigenvalue weighted by Gasteiger charge is -2.25. The Bertz CT molecular complexity index is 456. The molecule has 0 aromatic carbocycles. The van der Waals surface area contributed by atoms with Crippen LogP contribution >= 0.6 is 0 Å². The summed E-state index contributed by atoms with van der Waals surface area (Å²) >= 11 is 0. The van der Waals surface area contributed by atoms with Crippen LogP contribution in [-0.2, 0) is 0 Å². The first-order valence-corrected chi connectivity index (χ1v) is 7.93. The second kappa shape index (κ2) is 7.07. The molecule has 1 aliphatic rings. The smallest absolute Gasteiger partial charge is 0.257 e. The third-order valence-electron chi connectivity index (χ3n) is 4.03. The Morgan fingerprint density at radius 2 is 2.00 bits per heavy atom. The van der Waals surface area contributed by atoms with Crippen molar-refractivity contribution in [3.63, 3.8) is 0 Å². The predicted molar refractivity (Wildman–Crippen MR) is 82.4 cm³/mol. The standard InChI is InChI=1S/C16H27N3O2/c1-11(2)9-14(10-19-7-5-6-8-19)17-16(20)15-12(3)18-21-13(15)4/h11,14H,5-10H2,1-4H3,(H,17,20)/t14-/m0/s1. The van der Waals surface area contributed by atoms with Gasteiger partial charge < -0.3 is 14.7 Å². The van der Waals surface area contributed by atoms with Crippen LogP contribution in [0.4, 0.5) is 0 Å². The van der Waals surface area contributed by atoms with Gasteiger partial charge in [-0.3, -0.25) is 4.79 Å². The van der Waals surface area contributed by atoms with E-state index < -0.39 is 0 Å². The van der Waals surface area contributed by atoms with Gasteiger partial charge in [0.1, 0.15) is 11.3 Å². The number of nitrogens with zero attached hydrogens (tertiary/aromatic N) is 2. The molecule has 1 N–H and O–H groups in total. The molecule has 5 nitrogen and oxygen atoms in total. The maximum Gasteiger partial charge on any atom is 0.257 e. The van der Waals surface area contributed by atoms with E-state index >= 15 is 0 Å². The van der Waals surface area contributed by atoms with Crippen LogP contribution in [0.5, 0.6) is 0 Å². The monoisotopic (exact) mass is 293 g/mol. The van der Waals surface area contributed by atoms with E-state index in [1.807, 2.05) is 6.92 Å². The van der Waals surface area contributed by atoms with E-state index in [0.29, 0.717) is 22.9 Å². The van der Waals surface area contributed by atoms with Gasteiger partial charge in [0.2, 0.25) is 0 Å². The first kappa shape index (κ1) is 16.0. The molecule has 1 amide bonds. The van der Waals surface area contributed by atoms with E-state index in [1.165, 1.54) is 12.8 Å². The maximum absolute atomic E-state index is 12.5. The van der Waals surface area contributed by atoms with Gasteiger partial charge in [-0.15, -0.1) is 0 Å². The fourth-order valence-corrected chi connectivity index (χ4v) is 3.09. The fourth-order valence-electron chi connectivity index (χ4n) is 3.09. The van der Waals surface area contributed by atoms with E-state index in [4.69, 9.17) is 4.52 Å². The van der Waals surface area contributed by atoms with Gasteiger partial charge in [0.05, 0.1) is 5.69 Å². The van der Waals surface area contributed by atoms with Gasteiger partial charge in [0.15, 0.2) is 0 Å². The molecular formula is C16H27N3O2. The van der Waals surface area contributed by atoms with Crippen molar-refractivity contribution in [3.05, 3.63) is 17.0 Å². The van der Waals surface area contributed by atoms with E-state index in [-0.39, 0.29) is 11.9 Å². The van der Waals surface area contributed by atoms with Gasteiger partial charge in [-0.1, -0.05) is 19.0 Å². The van der Waals surface area contributed by atoms with Crippen LogP contribution < -0.4 is 5.32 Å². The third kappa shape index (κ3) is 4.30. The highest BCUT2D eigenvalue weighted by Gasteiger charge is 2.23. The molecule has 1 saturated heterocycles. The SMILES string of the molecule is Cc1noc(C)c1C(=O)N[C@@H](CC(C)C)CN1CCCC1. The van der Waals surface area contributed by atoms with Crippen molar-refractivity contribution in [1.82, 2.24) is 15.4 Å². The molecule has 5 heteroatoms. The van der Waals surface area contributed by atoms with Crippen molar-refractivity contribution in [3.8, 4) is 0 Å². The summed E-state index contributed by atoms with van der Waals surface area (Å²) in [5, 5.41) is 7.04.